The van der Waals surface area contributed by atoms with E-state index in [9.17, 15) is 14.4 Å². The number of aromatic nitrogens is 3. The highest BCUT2D eigenvalue weighted by atomic mass is 19.1. The van der Waals surface area contributed by atoms with E-state index < -0.39 is 0 Å². The van der Waals surface area contributed by atoms with Crippen LogP contribution in [-0.4, -0.2) is 20.4 Å². The molecule has 5 aromatic rings. The van der Waals surface area contributed by atoms with Gasteiger partial charge in [0.15, 0.2) is 0 Å². The summed E-state index contributed by atoms with van der Waals surface area (Å²) >= 11 is 0. The predicted octanol–water partition coefficient (Wildman–Crippen LogP) is 5.98. The number of nitriles is 1. The number of nitrogens with zero attached hydrogens (tertiary/aromatic N) is 3. The van der Waals surface area contributed by atoms with Crippen LogP contribution in [0.2, 0.25) is 0 Å². The molecule has 0 saturated carbocycles. The number of H-pyrrole nitrogens is 1. The van der Waals surface area contributed by atoms with Gasteiger partial charge in [-0.2, -0.15) is 5.26 Å². The first-order valence-electron chi connectivity index (χ1n) is 11.1. The van der Waals surface area contributed by atoms with Gasteiger partial charge < -0.3 is 14.9 Å². The molecule has 172 valence electrons. The van der Waals surface area contributed by atoms with Crippen LogP contribution in [-0.2, 0) is 11.3 Å². The first kappa shape index (κ1) is 22.1. The number of para-hydroxylation sites is 1. The molecule has 7 heteroatoms. The number of imidazole rings is 1. The molecule has 5 rings (SSSR count). The van der Waals surface area contributed by atoms with E-state index in [-0.39, 0.29) is 18.3 Å². The molecule has 2 heterocycles. The number of carbonyl (C=O) groups excluding carboxylic acids is 1. The van der Waals surface area contributed by atoms with Crippen LogP contribution in [0.15, 0.2) is 66.9 Å². The average molecular weight is 464 g/mol. The number of benzene rings is 3. The molecule has 6 nitrogen and oxygen atoms in total. The Morgan fingerprint density at radius 2 is 1.89 bits per heavy atom. The number of hydrogen-bond donors (Lipinski definition) is 2. The fourth-order valence-corrected chi connectivity index (χ4v) is 4.12. The first-order valence-corrected chi connectivity index (χ1v) is 11.1. The van der Waals surface area contributed by atoms with Crippen molar-refractivity contribution in [1.29, 1.82) is 5.26 Å². The minimum atomic E-state index is -0.362. The van der Waals surface area contributed by atoms with Crippen molar-refractivity contribution in [1.82, 2.24) is 14.5 Å². The van der Waals surface area contributed by atoms with Gasteiger partial charge in [-0.25, -0.2) is 9.37 Å². The van der Waals surface area contributed by atoms with Crippen LogP contribution in [0.4, 0.5) is 10.1 Å². The molecule has 0 aliphatic rings. The maximum absolute atomic E-state index is 13.1. The lowest BCUT2D eigenvalue weighted by atomic mass is 10.1. The lowest BCUT2D eigenvalue weighted by Gasteiger charge is -2.07. The molecule has 1 amide bonds. The lowest BCUT2D eigenvalue weighted by molar-refractivity contribution is -0.116. The molecule has 0 aliphatic carbocycles. The second-order valence-corrected chi connectivity index (χ2v) is 8.49. The summed E-state index contributed by atoms with van der Waals surface area (Å²) in [7, 11) is 0. The van der Waals surface area contributed by atoms with Crippen LogP contribution in [0.5, 0.6) is 0 Å². The van der Waals surface area contributed by atoms with Crippen molar-refractivity contribution in [3.05, 3.63) is 95.2 Å². The number of hydrogen-bond acceptors (Lipinski definition) is 3. The molecule has 2 aromatic heterocycles. The Morgan fingerprint density at radius 1 is 1.14 bits per heavy atom. The van der Waals surface area contributed by atoms with E-state index in [2.05, 4.69) is 21.4 Å². The molecule has 0 bridgehead atoms. The molecule has 0 aliphatic heterocycles. The van der Waals surface area contributed by atoms with Gasteiger partial charge in [-0.3, -0.25) is 4.79 Å². The van der Waals surface area contributed by atoms with Gasteiger partial charge in [0.1, 0.15) is 24.3 Å². The standard InChI is InChI=1S/C28H22FN5O/c1-17-11-24-25(12-18(17)2)33-28(32-24)19(14-30)13-20-15-34(26-6-4-3-5-23(20)26)16-27(35)31-22-9-7-21(29)8-10-22/h3-13,15H,16H2,1-2H3,(H,31,35)(H,32,33). The van der Waals surface area contributed by atoms with Crippen LogP contribution in [0.1, 0.15) is 22.5 Å². The molecule has 35 heavy (non-hydrogen) atoms. The Balaban J connectivity index is 1.49. The number of fused-ring (bicyclic) bond motifs is 2. The normalized spacial score (nSPS) is 11.7. The van der Waals surface area contributed by atoms with E-state index in [0.29, 0.717) is 17.1 Å². The van der Waals surface area contributed by atoms with E-state index in [1.165, 1.54) is 24.3 Å². The van der Waals surface area contributed by atoms with Crippen LogP contribution >= 0.6 is 0 Å². The number of amides is 1. The van der Waals surface area contributed by atoms with Gasteiger partial charge in [-0.15, -0.1) is 0 Å². The van der Waals surface area contributed by atoms with E-state index >= 15 is 0 Å². The summed E-state index contributed by atoms with van der Waals surface area (Å²) in [6, 6.07) is 19.6. The van der Waals surface area contributed by atoms with Gasteiger partial charge in [-0.05, 0) is 73.5 Å². The number of allylic oxidation sites excluding steroid dienone is 1. The fraction of sp³-hybridized carbons (Fsp3) is 0.107. The van der Waals surface area contributed by atoms with E-state index in [4.69, 9.17) is 0 Å². The van der Waals surface area contributed by atoms with Crippen molar-refractivity contribution < 1.29 is 9.18 Å². The Morgan fingerprint density at radius 3 is 2.66 bits per heavy atom. The van der Waals surface area contributed by atoms with E-state index in [1.807, 2.05) is 61.0 Å². The SMILES string of the molecule is Cc1cc2nc(C(C#N)=Cc3cn(CC(=O)Nc4ccc(F)cc4)c4ccccc34)[nH]c2cc1C. The minimum absolute atomic E-state index is 0.0663. The topological polar surface area (TPSA) is 86.5 Å². The summed E-state index contributed by atoms with van der Waals surface area (Å²) in [6.07, 6.45) is 3.64. The summed E-state index contributed by atoms with van der Waals surface area (Å²) in [5.74, 6) is -0.103. The number of nitrogens with one attached hydrogen (secondary N) is 2. The zero-order valence-electron chi connectivity index (χ0n) is 19.3. The molecule has 0 spiro atoms. The van der Waals surface area contributed by atoms with Gasteiger partial charge in [0.2, 0.25) is 5.91 Å². The summed E-state index contributed by atoms with van der Waals surface area (Å²) in [5.41, 5.74) is 6.57. The summed E-state index contributed by atoms with van der Waals surface area (Å²) in [6.45, 7) is 4.14. The van der Waals surface area contributed by atoms with Crippen molar-refractivity contribution in [3.63, 3.8) is 0 Å². The number of anilines is 1. The molecule has 0 atom stereocenters. The number of rotatable bonds is 5. The van der Waals surface area contributed by atoms with Gasteiger partial charge in [-0.1, -0.05) is 18.2 Å². The van der Waals surface area contributed by atoms with Gasteiger partial charge >= 0.3 is 0 Å². The highest BCUT2D eigenvalue weighted by molar-refractivity contribution is 5.99. The number of carbonyl (C=O) groups is 1. The predicted molar refractivity (Wildman–Crippen MR) is 136 cm³/mol. The smallest absolute Gasteiger partial charge is 0.244 e. The maximum Gasteiger partial charge on any atom is 0.244 e. The Bertz CT molecular complexity index is 1610. The first-order chi connectivity index (χ1) is 16.9. The van der Waals surface area contributed by atoms with Crippen LogP contribution in [0.25, 0.3) is 33.6 Å². The molecule has 0 fully saturated rings. The molecular formula is C28H22FN5O. The quantitative estimate of drug-likeness (QED) is 0.315. The third kappa shape index (κ3) is 4.42. The Kier molecular flexibility index (Phi) is 5.63. The third-order valence-corrected chi connectivity index (χ3v) is 6.03. The van der Waals surface area contributed by atoms with Crippen molar-refractivity contribution in [2.45, 2.75) is 20.4 Å². The second kappa shape index (κ2) is 8.92. The molecule has 0 saturated heterocycles. The molecule has 3 aromatic carbocycles. The van der Waals surface area contributed by atoms with Crippen molar-refractivity contribution >= 4 is 45.2 Å². The molecular weight excluding hydrogens is 441 g/mol. The lowest BCUT2D eigenvalue weighted by Crippen LogP contribution is -2.18. The zero-order chi connectivity index (χ0) is 24.5. The number of aromatic amines is 1. The van der Waals surface area contributed by atoms with E-state index in [0.717, 1.165) is 38.6 Å². The van der Waals surface area contributed by atoms with Crippen LogP contribution in [0.3, 0.4) is 0 Å². The fourth-order valence-electron chi connectivity index (χ4n) is 4.12. The maximum atomic E-state index is 13.1. The average Bonchev–Trinajstić information content (AvgIpc) is 3.40. The van der Waals surface area contributed by atoms with Gasteiger partial charge in [0.05, 0.1) is 16.6 Å². The minimum Gasteiger partial charge on any atom is -0.337 e. The number of halogens is 1. The summed E-state index contributed by atoms with van der Waals surface area (Å²) in [4.78, 5) is 20.5. The monoisotopic (exact) mass is 463 g/mol. The van der Waals surface area contributed by atoms with Crippen LogP contribution < -0.4 is 5.32 Å². The molecule has 0 radical (unpaired) electrons. The number of aryl methyl sites for hydroxylation is 2. The third-order valence-electron chi connectivity index (χ3n) is 6.03. The highest BCUT2D eigenvalue weighted by Gasteiger charge is 2.14. The highest BCUT2D eigenvalue weighted by Crippen LogP contribution is 2.27. The molecule has 2 N–H and O–H groups in total. The van der Waals surface area contributed by atoms with Gasteiger partial charge in [0.25, 0.3) is 0 Å². The summed E-state index contributed by atoms with van der Waals surface area (Å²) in [5, 5.41) is 13.6. The summed E-state index contributed by atoms with van der Waals surface area (Å²) < 4.78 is 15.0. The van der Waals surface area contributed by atoms with Crippen LogP contribution in [0, 0.1) is 31.0 Å². The van der Waals surface area contributed by atoms with Crippen molar-refractivity contribution in [2.75, 3.05) is 5.32 Å². The molecule has 0 unspecified atom stereocenters. The largest absolute Gasteiger partial charge is 0.337 e. The van der Waals surface area contributed by atoms with Gasteiger partial charge in [0, 0.05) is 28.4 Å². The van der Waals surface area contributed by atoms with Crippen molar-refractivity contribution in [3.8, 4) is 6.07 Å². The Labute approximate surface area is 201 Å². The second-order valence-electron chi connectivity index (χ2n) is 8.49. The Hall–Kier alpha value is -4.70. The van der Waals surface area contributed by atoms with Crippen molar-refractivity contribution in [2.24, 2.45) is 0 Å². The van der Waals surface area contributed by atoms with E-state index in [1.54, 1.807) is 6.08 Å². The zero-order valence-corrected chi connectivity index (χ0v) is 19.3.